The van der Waals surface area contributed by atoms with Crippen LogP contribution < -0.4 is 5.32 Å². The number of ether oxygens (including phenoxy) is 1. The zero-order valence-corrected chi connectivity index (χ0v) is 13.6. The van der Waals surface area contributed by atoms with Gasteiger partial charge in [-0.3, -0.25) is 4.79 Å². The number of rotatable bonds is 5. The van der Waals surface area contributed by atoms with E-state index in [-0.39, 0.29) is 12.0 Å². The van der Waals surface area contributed by atoms with Crippen molar-refractivity contribution in [3.8, 4) is 0 Å². The van der Waals surface area contributed by atoms with Crippen LogP contribution in [-0.2, 0) is 22.5 Å². The number of carbonyl (C=O) groups is 1. The number of hydrogen-bond acceptors (Lipinski definition) is 5. The molecule has 2 aromatic heterocycles. The van der Waals surface area contributed by atoms with Gasteiger partial charge in [-0.2, -0.15) is 0 Å². The number of hydrogen-bond donors (Lipinski definition) is 1. The Balaban J connectivity index is 1.53. The average molecular weight is 320 g/mol. The van der Waals surface area contributed by atoms with E-state index in [0.29, 0.717) is 31.3 Å². The van der Waals surface area contributed by atoms with Gasteiger partial charge >= 0.3 is 0 Å². The van der Waals surface area contributed by atoms with Crippen LogP contribution in [0.2, 0.25) is 0 Å². The van der Waals surface area contributed by atoms with E-state index in [0.717, 1.165) is 12.1 Å². The molecule has 0 spiro atoms. The van der Waals surface area contributed by atoms with E-state index in [1.54, 1.807) is 11.3 Å². The lowest BCUT2D eigenvalue weighted by Gasteiger charge is -2.22. The van der Waals surface area contributed by atoms with Gasteiger partial charge in [0, 0.05) is 10.9 Å². The van der Waals surface area contributed by atoms with E-state index in [2.05, 4.69) is 35.8 Å². The van der Waals surface area contributed by atoms with E-state index in [1.807, 2.05) is 6.07 Å². The van der Waals surface area contributed by atoms with Gasteiger partial charge in [0.1, 0.15) is 6.10 Å². The Labute approximate surface area is 133 Å². The SMILES string of the molecule is CC(C)c1cc(CNC(=O)CC2OCCc3ccsc32)on1. The van der Waals surface area contributed by atoms with E-state index in [9.17, 15) is 4.79 Å². The lowest BCUT2D eigenvalue weighted by atomic mass is 10.1. The molecular formula is C16H20N2O3S. The van der Waals surface area contributed by atoms with Gasteiger partial charge in [-0.05, 0) is 29.3 Å². The third-order valence-electron chi connectivity index (χ3n) is 3.76. The Hall–Kier alpha value is -1.66. The highest BCUT2D eigenvalue weighted by molar-refractivity contribution is 7.10. The first-order valence-electron chi connectivity index (χ1n) is 7.53. The van der Waals surface area contributed by atoms with E-state index in [1.165, 1.54) is 10.4 Å². The Morgan fingerprint density at radius 1 is 1.55 bits per heavy atom. The summed E-state index contributed by atoms with van der Waals surface area (Å²) in [7, 11) is 0. The molecule has 3 rings (SSSR count). The van der Waals surface area contributed by atoms with Crippen LogP contribution in [0, 0.1) is 0 Å². The molecule has 0 saturated carbocycles. The molecule has 1 unspecified atom stereocenters. The van der Waals surface area contributed by atoms with Crippen molar-refractivity contribution in [1.29, 1.82) is 0 Å². The van der Waals surface area contributed by atoms with Crippen molar-refractivity contribution in [2.75, 3.05) is 6.61 Å². The van der Waals surface area contributed by atoms with E-state index in [4.69, 9.17) is 9.26 Å². The third-order valence-corrected chi connectivity index (χ3v) is 4.81. The maximum absolute atomic E-state index is 12.1. The summed E-state index contributed by atoms with van der Waals surface area (Å²) in [4.78, 5) is 13.3. The number of amides is 1. The van der Waals surface area contributed by atoms with Gasteiger partial charge in [0.2, 0.25) is 5.91 Å². The Kier molecular flexibility index (Phi) is 4.59. The molecule has 6 heteroatoms. The topological polar surface area (TPSA) is 64.4 Å². The van der Waals surface area contributed by atoms with Gasteiger partial charge < -0.3 is 14.6 Å². The predicted octanol–water partition coefficient (Wildman–Crippen LogP) is 3.18. The molecule has 1 atom stereocenters. The highest BCUT2D eigenvalue weighted by Crippen LogP contribution is 2.33. The van der Waals surface area contributed by atoms with Gasteiger partial charge in [-0.15, -0.1) is 11.3 Å². The smallest absolute Gasteiger partial charge is 0.223 e. The molecule has 1 amide bonds. The lowest BCUT2D eigenvalue weighted by molar-refractivity contribution is -0.124. The number of carbonyl (C=O) groups excluding carboxylic acids is 1. The van der Waals surface area contributed by atoms with Crippen molar-refractivity contribution < 1.29 is 14.1 Å². The second-order valence-corrected chi connectivity index (χ2v) is 6.72. The van der Waals surface area contributed by atoms with Crippen LogP contribution in [0.4, 0.5) is 0 Å². The van der Waals surface area contributed by atoms with Gasteiger partial charge in [0.25, 0.3) is 0 Å². The summed E-state index contributed by atoms with van der Waals surface area (Å²) in [6, 6.07) is 4.01. The van der Waals surface area contributed by atoms with Gasteiger partial charge in [0.05, 0.1) is 25.3 Å². The van der Waals surface area contributed by atoms with Crippen LogP contribution in [0.25, 0.3) is 0 Å². The number of nitrogens with one attached hydrogen (secondary N) is 1. The highest BCUT2D eigenvalue weighted by atomic mass is 32.1. The van der Waals surface area contributed by atoms with Crippen molar-refractivity contribution in [1.82, 2.24) is 10.5 Å². The largest absolute Gasteiger partial charge is 0.372 e. The molecule has 0 fully saturated rings. The summed E-state index contributed by atoms with van der Waals surface area (Å²) in [6.45, 7) is 5.16. The molecule has 0 aliphatic carbocycles. The minimum atomic E-state index is -0.121. The molecule has 22 heavy (non-hydrogen) atoms. The third kappa shape index (κ3) is 3.39. The van der Waals surface area contributed by atoms with Crippen LogP contribution in [0.15, 0.2) is 22.0 Å². The standard InChI is InChI=1S/C16H20N2O3S/c1-10(2)13-7-12(21-18-13)9-17-15(19)8-14-16-11(3-5-20-14)4-6-22-16/h4,6-7,10,14H,3,5,8-9H2,1-2H3,(H,17,19). The minimum absolute atomic E-state index is 0.0336. The van der Waals surface area contributed by atoms with Crippen molar-refractivity contribution in [3.05, 3.63) is 39.4 Å². The van der Waals surface area contributed by atoms with Crippen LogP contribution in [0.3, 0.4) is 0 Å². The Bertz CT molecular complexity index is 647. The second kappa shape index (κ2) is 6.62. The summed E-state index contributed by atoms with van der Waals surface area (Å²) in [5.41, 5.74) is 2.22. The molecule has 2 aromatic rings. The molecule has 0 saturated heterocycles. The van der Waals surface area contributed by atoms with Crippen LogP contribution in [0.1, 0.15) is 54.2 Å². The fourth-order valence-electron chi connectivity index (χ4n) is 2.49. The number of thiophene rings is 1. The Morgan fingerprint density at radius 3 is 3.18 bits per heavy atom. The van der Waals surface area contributed by atoms with Crippen molar-refractivity contribution >= 4 is 17.2 Å². The van der Waals surface area contributed by atoms with Crippen LogP contribution >= 0.6 is 11.3 Å². The molecule has 5 nitrogen and oxygen atoms in total. The summed E-state index contributed by atoms with van der Waals surface area (Å²) in [6.07, 6.45) is 1.16. The average Bonchev–Trinajstić information content (AvgIpc) is 3.14. The molecule has 118 valence electrons. The monoisotopic (exact) mass is 320 g/mol. The lowest BCUT2D eigenvalue weighted by Crippen LogP contribution is -2.26. The molecule has 3 heterocycles. The normalized spacial score (nSPS) is 17.5. The quantitative estimate of drug-likeness (QED) is 0.919. The number of aromatic nitrogens is 1. The molecule has 1 aliphatic rings. The first-order chi connectivity index (χ1) is 10.6. The fraction of sp³-hybridized carbons (Fsp3) is 0.500. The molecule has 1 N–H and O–H groups in total. The zero-order chi connectivity index (χ0) is 15.5. The maximum Gasteiger partial charge on any atom is 0.223 e. The van der Waals surface area contributed by atoms with Crippen LogP contribution in [0.5, 0.6) is 0 Å². The van der Waals surface area contributed by atoms with E-state index >= 15 is 0 Å². The molecule has 1 aliphatic heterocycles. The molecule has 0 aromatic carbocycles. The molecule has 0 radical (unpaired) electrons. The van der Waals surface area contributed by atoms with Crippen molar-refractivity contribution in [3.63, 3.8) is 0 Å². The first-order valence-corrected chi connectivity index (χ1v) is 8.41. The van der Waals surface area contributed by atoms with Gasteiger partial charge in [-0.1, -0.05) is 19.0 Å². The minimum Gasteiger partial charge on any atom is -0.372 e. The van der Waals surface area contributed by atoms with Crippen molar-refractivity contribution in [2.24, 2.45) is 0 Å². The predicted molar refractivity (Wildman–Crippen MR) is 83.8 cm³/mol. The summed E-state index contributed by atoms with van der Waals surface area (Å²) >= 11 is 1.66. The molecule has 0 bridgehead atoms. The number of fused-ring (bicyclic) bond motifs is 1. The maximum atomic E-state index is 12.1. The zero-order valence-electron chi connectivity index (χ0n) is 12.8. The first kappa shape index (κ1) is 15.2. The Morgan fingerprint density at radius 2 is 2.41 bits per heavy atom. The summed E-state index contributed by atoms with van der Waals surface area (Å²) < 4.78 is 11.0. The molecular weight excluding hydrogens is 300 g/mol. The van der Waals surface area contributed by atoms with Crippen molar-refractivity contribution in [2.45, 2.75) is 45.3 Å². The highest BCUT2D eigenvalue weighted by Gasteiger charge is 2.24. The second-order valence-electron chi connectivity index (χ2n) is 5.77. The van der Waals surface area contributed by atoms with E-state index < -0.39 is 0 Å². The van der Waals surface area contributed by atoms with Gasteiger partial charge in [0.15, 0.2) is 5.76 Å². The number of nitrogens with zero attached hydrogens (tertiary/aromatic N) is 1. The summed E-state index contributed by atoms with van der Waals surface area (Å²) in [5.74, 6) is 0.966. The fourth-order valence-corrected chi connectivity index (χ4v) is 3.49. The van der Waals surface area contributed by atoms with Crippen LogP contribution in [-0.4, -0.2) is 17.7 Å². The summed E-state index contributed by atoms with van der Waals surface area (Å²) in [5, 5.41) is 8.92. The van der Waals surface area contributed by atoms with Gasteiger partial charge in [-0.25, -0.2) is 0 Å².